The first kappa shape index (κ1) is 22.0. The monoisotopic (exact) mass is 415 g/mol. The molecule has 160 valence electrons. The summed E-state index contributed by atoms with van der Waals surface area (Å²) in [5.74, 6) is -0.155. The molecule has 0 fully saturated rings. The lowest BCUT2D eigenvalue weighted by molar-refractivity contribution is -0.0339. The van der Waals surface area contributed by atoms with E-state index in [1.807, 2.05) is 13.8 Å². The Morgan fingerprint density at radius 2 is 1.87 bits per heavy atom. The second kappa shape index (κ2) is 9.38. The summed E-state index contributed by atoms with van der Waals surface area (Å²) in [6, 6.07) is 9.35. The number of carbonyl (C=O) groups is 1. The molecule has 0 aliphatic carbocycles. The lowest BCUT2D eigenvalue weighted by Crippen LogP contribution is -2.34. The van der Waals surface area contributed by atoms with Crippen LogP contribution in [0.4, 0.5) is 4.39 Å². The minimum Gasteiger partial charge on any atom is -0.491 e. The van der Waals surface area contributed by atoms with Crippen LogP contribution < -0.4 is 4.74 Å². The van der Waals surface area contributed by atoms with Gasteiger partial charge in [-0.2, -0.15) is 0 Å². The lowest BCUT2D eigenvalue weighted by atomic mass is 9.94. The maximum atomic E-state index is 13.8. The van der Waals surface area contributed by atoms with E-state index in [9.17, 15) is 19.4 Å². The highest BCUT2D eigenvalue weighted by Crippen LogP contribution is 2.29. The number of aliphatic hydroxyl groups is 3. The smallest absolute Gasteiger partial charge is 0.195 e. The van der Waals surface area contributed by atoms with Crippen LogP contribution in [0.3, 0.4) is 0 Å². The lowest BCUT2D eigenvalue weighted by Gasteiger charge is -2.17. The van der Waals surface area contributed by atoms with E-state index in [4.69, 9.17) is 9.84 Å². The summed E-state index contributed by atoms with van der Waals surface area (Å²) in [5.41, 5.74) is 3.19. The van der Waals surface area contributed by atoms with Gasteiger partial charge in [-0.05, 0) is 54.8 Å². The van der Waals surface area contributed by atoms with Gasteiger partial charge in [0.15, 0.2) is 5.78 Å². The number of fused-ring (bicyclic) bond motifs is 1. The maximum Gasteiger partial charge on any atom is 0.195 e. The first-order chi connectivity index (χ1) is 14.4. The van der Waals surface area contributed by atoms with Gasteiger partial charge in [-0.3, -0.25) is 4.79 Å². The summed E-state index contributed by atoms with van der Waals surface area (Å²) in [6.45, 7) is 3.08. The van der Waals surface area contributed by atoms with Crippen LogP contribution in [0.25, 0.3) is 10.9 Å². The van der Waals surface area contributed by atoms with Crippen molar-refractivity contribution in [3.63, 3.8) is 0 Å². The molecule has 0 aliphatic heterocycles. The first-order valence-electron chi connectivity index (χ1n) is 9.97. The van der Waals surface area contributed by atoms with Gasteiger partial charge in [-0.25, -0.2) is 4.39 Å². The van der Waals surface area contributed by atoms with Gasteiger partial charge in [0, 0.05) is 22.2 Å². The van der Waals surface area contributed by atoms with Crippen LogP contribution in [0.2, 0.25) is 0 Å². The van der Waals surface area contributed by atoms with Crippen molar-refractivity contribution in [3.05, 3.63) is 64.6 Å². The zero-order valence-electron chi connectivity index (χ0n) is 17.0. The topological polar surface area (TPSA) is 103 Å². The predicted molar refractivity (Wildman–Crippen MR) is 111 cm³/mol. The highest BCUT2D eigenvalue weighted by Gasteiger charge is 2.22. The van der Waals surface area contributed by atoms with Crippen molar-refractivity contribution in [1.29, 1.82) is 0 Å². The van der Waals surface area contributed by atoms with Crippen LogP contribution in [0, 0.1) is 5.82 Å². The van der Waals surface area contributed by atoms with Gasteiger partial charge in [0.1, 0.15) is 30.4 Å². The van der Waals surface area contributed by atoms with E-state index in [2.05, 4.69) is 4.98 Å². The summed E-state index contributed by atoms with van der Waals surface area (Å²) in [7, 11) is 0. The SMILES string of the molecule is CCc1cc(OC[C@@H](O)[C@H](O)CO)ccc1C(=O)c1c(CC)[nH]c2ccc(F)cc12. The summed E-state index contributed by atoms with van der Waals surface area (Å²) >= 11 is 0. The molecule has 30 heavy (non-hydrogen) atoms. The van der Waals surface area contributed by atoms with Crippen molar-refractivity contribution in [3.8, 4) is 5.75 Å². The largest absolute Gasteiger partial charge is 0.491 e. The number of aromatic amines is 1. The molecule has 0 bridgehead atoms. The van der Waals surface area contributed by atoms with Gasteiger partial charge in [0.2, 0.25) is 0 Å². The molecule has 3 rings (SSSR count). The second-order valence-corrected chi connectivity index (χ2v) is 7.15. The molecule has 7 heteroatoms. The van der Waals surface area contributed by atoms with Crippen LogP contribution in [-0.4, -0.2) is 51.5 Å². The van der Waals surface area contributed by atoms with Crippen LogP contribution in [-0.2, 0) is 12.8 Å². The molecule has 1 aromatic heterocycles. The third-order valence-corrected chi connectivity index (χ3v) is 5.17. The molecule has 2 aromatic carbocycles. The second-order valence-electron chi connectivity index (χ2n) is 7.15. The van der Waals surface area contributed by atoms with Crippen molar-refractivity contribution in [2.24, 2.45) is 0 Å². The van der Waals surface area contributed by atoms with E-state index in [-0.39, 0.29) is 12.4 Å². The number of ketones is 1. The van der Waals surface area contributed by atoms with Crippen LogP contribution in [0.5, 0.6) is 5.75 Å². The average molecular weight is 415 g/mol. The van der Waals surface area contributed by atoms with Gasteiger partial charge >= 0.3 is 0 Å². The number of ether oxygens (including phenoxy) is 1. The molecule has 0 unspecified atom stereocenters. The summed E-state index contributed by atoms with van der Waals surface area (Å²) in [5, 5.41) is 28.6. The van der Waals surface area contributed by atoms with Crippen molar-refractivity contribution in [2.75, 3.05) is 13.2 Å². The fourth-order valence-corrected chi connectivity index (χ4v) is 3.47. The first-order valence-corrected chi connectivity index (χ1v) is 9.97. The Hall–Kier alpha value is -2.74. The molecule has 0 saturated heterocycles. The fraction of sp³-hybridized carbons (Fsp3) is 0.348. The molecule has 4 N–H and O–H groups in total. The van der Waals surface area contributed by atoms with Crippen molar-refractivity contribution in [2.45, 2.75) is 38.9 Å². The molecule has 1 heterocycles. The van der Waals surface area contributed by atoms with E-state index in [0.29, 0.717) is 40.6 Å². The molecular formula is C23H26FNO5. The number of hydrogen-bond donors (Lipinski definition) is 4. The van der Waals surface area contributed by atoms with Crippen molar-refractivity contribution < 1.29 is 29.2 Å². The summed E-state index contributed by atoms with van der Waals surface area (Å²) in [4.78, 5) is 16.6. The van der Waals surface area contributed by atoms with E-state index in [1.165, 1.54) is 12.1 Å². The van der Waals surface area contributed by atoms with Crippen LogP contribution >= 0.6 is 0 Å². The Labute approximate surface area is 173 Å². The number of aromatic nitrogens is 1. The molecule has 0 aliphatic rings. The number of hydrogen-bond acceptors (Lipinski definition) is 5. The zero-order chi connectivity index (χ0) is 21.8. The quantitative estimate of drug-likeness (QED) is 0.403. The molecule has 0 amide bonds. The summed E-state index contributed by atoms with van der Waals surface area (Å²) in [6.07, 6.45) is -1.34. The van der Waals surface area contributed by atoms with Crippen molar-refractivity contribution in [1.82, 2.24) is 4.98 Å². The maximum absolute atomic E-state index is 13.8. The van der Waals surface area contributed by atoms with Gasteiger partial charge in [-0.15, -0.1) is 0 Å². The van der Waals surface area contributed by atoms with E-state index in [0.717, 1.165) is 11.3 Å². The fourth-order valence-electron chi connectivity index (χ4n) is 3.47. The van der Waals surface area contributed by atoms with Gasteiger partial charge < -0.3 is 25.0 Å². The number of aliphatic hydroxyl groups excluding tert-OH is 3. The van der Waals surface area contributed by atoms with Gasteiger partial charge in [0.25, 0.3) is 0 Å². The summed E-state index contributed by atoms with van der Waals surface area (Å²) < 4.78 is 19.3. The van der Waals surface area contributed by atoms with Crippen LogP contribution in [0.15, 0.2) is 36.4 Å². The molecular weight excluding hydrogens is 389 g/mol. The normalized spacial score (nSPS) is 13.4. The third kappa shape index (κ3) is 4.38. The number of nitrogens with one attached hydrogen (secondary N) is 1. The third-order valence-electron chi connectivity index (χ3n) is 5.17. The highest BCUT2D eigenvalue weighted by atomic mass is 19.1. The van der Waals surface area contributed by atoms with E-state index in [1.54, 1.807) is 24.3 Å². The molecule has 3 aromatic rings. The van der Waals surface area contributed by atoms with E-state index < -0.39 is 24.6 Å². The van der Waals surface area contributed by atoms with Crippen molar-refractivity contribution >= 4 is 16.7 Å². The Bertz CT molecular complexity index is 1050. The predicted octanol–water partition coefficient (Wildman–Crippen LogP) is 2.76. The number of halogens is 1. The molecule has 0 spiro atoms. The number of carbonyl (C=O) groups excluding carboxylic acids is 1. The number of H-pyrrole nitrogens is 1. The standard InChI is InChI=1S/C23H26FNO5/c1-3-13-9-15(30-12-21(28)20(27)11-26)6-7-16(13)23(29)22-17-10-14(24)5-8-19(17)25-18(22)4-2/h5-10,20-21,25-28H,3-4,11-12H2,1-2H3/t20-,21-/m1/s1. The molecule has 0 radical (unpaired) electrons. The number of aryl methyl sites for hydroxylation is 2. The van der Waals surface area contributed by atoms with Crippen LogP contribution in [0.1, 0.15) is 41.0 Å². The Morgan fingerprint density at radius 1 is 1.10 bits per heavy atom. The minimum atomic E-state index is -1.29. The van der Waals surface area contributed by atoms with E-state index >= 15 is 0 Å². The zero-order valence-corrected chi connectivity index (χ0v) is 17.0. The Kier molecular flexibility index (Phi) is 6.87. The Balaban J connectivity index is 1.93. The number of rotatable bonds is 9. The molecule has 0 saturated carbocycles. The van der Waals surface area contributed by atoms with Gasteiger partial charge in [0.05, 0.1) is 12.2 Å². The average Bonchev–Trinajstić information content (AvgIpc) is 3.13. The molecule has 2 atom stereocenters. The minimum absolute atomic E-state index is 0.192. The Morgan fingerprint density at radius 3 is 2.53 bits per heavy atom. The van der Waals surface area contributed by atoms with Gasteiger partial charge in [-0.1, -0.05) is 13.8 Å². The molecule has 6 nitrogen and oxygen atoms in total. The highest BCUT2D eigenvalue weighted by molar-refractivity contribution is 6.18. The number of benzene rings is 2.